The number of alkyl halides is 2. The fraction of sp³-hybridized carbons (Fsp3) is 0.500. The molecule has 1 heterocycles. The molecule has 0 bridgehead atoms. The molecule has 1 aromatic rings. The van der Waals surface area contributed by atoms with Crippen molar-refractivity contribution in [2.45, 2.75) is 13.0 Å². The molecule has 1 rings (SSSR count). The highest BCUT2D eigenvalue weighted by Crippen LogP contribution is 2.16. The maximum absolute atomic E-state index is 12.2. The number of nitrogens with zero attached hydrogens (tertiary/aromatic N) is 2. The monoisotopic (exact) mass is 215 g/mol. The Labute approximate surface area is 88.1 Å². The maximum atomic E-state index is 12.2. The van der Waals surface area contributed by atoms with Crippen LogP contribution >= 0.6 is 0 Å². The zero-order valence-electron chi connectivity index (χ0n) is 8.87. The molecule has 0 aliphatic carbocycles. The standard InChI is InChI=1S/C10H15F2N3/c1-13-6-8-4-3-5-14-10(8)15(2)7-9(11)12/h3-5,9,13H,6-7H2,1-2H3. The zero-order chi connectivity index (χ0) is 11.3. The number of pyridine rings is 1. The normalized spacial score (nSPS) is 10.7. The minimum Gasteiger partial charge on any atom is -0.354 e. The number of halogens is 2. The van der Waals surface area contributed by atoms with Crippen LogP contribution < -0.4 is 10.2 Å². The summed E-state index contributed by atoms with van der Waals surface area (Å²) in [5.74, 6) is 0.604. The highest BCUT2D eigenvalue weighted by molar-refractivity contribution is 5.45. The van der Waals surface area contributed by atoms with Crippen LogP contribution in [0, 0.1) is 0 Å². The van der Waals surface area contributed by atoms with E-state index >= 15 is 0 Å². The lowest BCUT2D eigenvalue weighted by Gasteiger charge is -2.20. The minimum atomic E-state index is -2.35. The molecular weight excluding hydrogens is 200 g/mol. The van der Waals surface area contributed by atoms with Crippen LogP contribution in [0.25, 0.3) is 0 Å². The SMILES string of the molecule is CNCc1cccnc1N(C)CC(F)F. The van der Waals surface area contributed by atoms with Gasteiger partial charge >= 0.3 is 0 Å². The van der Waals surface area contributed by atoms with E-state index in [0.29, 0.717) is 12.4 Å². The Balaban J connectivity index is 2.81. The molecule has 1 aromatic heterocycles. The number of aromatic nitrogens is 1. The van der Waals surface area contributed by atoms with Gasteiger partial charge in [0.15, 0.2) is 0 Å². The first-order chi connectivity index (χ1) is 7.15. The summed E-state index contributed by atoms with van der Waals surface area (Å²) >= 11 is 0. The van der Waals surface area contributed by atoms with E-state index in [1.807, 2.05) is 13.1 Å². The lowest BCUT2D eigenvalue weighted by molar-refractivity contribution is 0.156. The topological polar surface area (TPSA) is 28.2 Å². The van der Waals surface area contributed by atoms with E-state index < -0.39 is 6.43 Å². The molecule has 0 spiro atoms. The van der Waals surface area contributed by atoms with Gasteiger partial charge in [0, 0.05) is 25.4 Å². The highest BCUT2D eigenvalue weighted by Gasteiger charge is 2.12. The van der Waals surface area contributed by atoms with Crippen molar-refractivity contribution in [1.82, 2.24) is 10.3 Å². The summed E-state index contributed by atoms with van der Waals surface area (Å²) in [5, 5.41) is 2.98. The van der Waals surface area contributed by atoms with Crippen molar-refractivity contribution in [2.75, 3.05) is 25.5 Å². The maximum Gasteiger partial charge on any atom is 0.255 e. The lowest BCUT2D eigenvalue weighted by atomic mass is 10.2. The molecule has 0 aliphatic rings. The molecule has 3 nitrogen and oxygen atoms in total. The quantitative estimate of drug-likeness (QED) is 0.806. The van der Waals surface area contributed by atoms with Gasteiger partial charge in [0.05, 0.1) is 6.54 Å². The van der Waals surface area contributed by atoms with Crippen molar-refractivity contribution >= 4 is 5.82 Å². The first kappa shape index (κ1) is 11.8. The van der Waals surface area contributed by atoms with E-state index in [1.165, 1.54) is 4.90 Å². The van der Waals surface area contributed by atoms with Crippen molar-refractivity contribution < 1.29 is 8.78 Å². The summed E-state index contributed by atoms with van der Waals surface area (Å²) in [6.07, 6.45) is -0.740. The van der Waals surface area contributed by atoms with Gasteiger partial charge in [-0.3, -0.25) is 0 Å². The van der Waals surface area contributed by atoms with E-state index in [0.717, 1.165) is 5.56 Å². The Kier molecular flexibility index (Phi) is 4.42. The van der Waals surface area contributed by atoms with Crippen LogP contribution in [-0.2, 0) is 6.54 Å². The van der Waals surface area contributed by atoms with E-state index in [9.17, 15) is 8.78 Å². The van der Waals surface area contributed by atoms with Gasteiger partial charge < -0.3 is 10.2 Å². The van der Waals surface area contributed by atoms with Crippen LogP contribution in [0.5, 0.6) is 0 Å². The van der Waals surface area contributed by atoms with Crippen molar-refractivity contribution in [3.8, 4) is 0 Å². The van der Waals surface area contributed by atoms with Gasteiger partial charge in [-0.05, 0) is 13.1 Å². The van der Waals surface area contributed by atoms with Gasteiger partial charge in [-0.1, -0.05) is 6.07 Å². The fourth-order valence-electron chi connectivity index (χ4n) is 1.40. The Morgan fingerprint density at radius 2 is 2.27 bits per heavy atom. The van der Waals surface area contributed by atoms with Crippen LogP contribution in [0.4, 0.5) is 14.6 Å². The first-order valence-electron chi connectivity index (χ1n) is 4.73. The van der Waals surface area contributed by atoms with E-state index in [4.69, 9.17) is 0 Å². The third kappa shape index (κ3) is 3.43. The third-order valence-electron chi connectivity index (χ3n) is 2.01. The summed E-state index contributed by atoms with van der Waals surface area (Å²) in [7, 11) is 3.43. The molecule has 15 heavy (non-hydrogen) atoms. The van der Waals surface area contributed by atoms with E-state index in [-0.39, 0.29) is 6.54 Å². The second-order valence-electron chi connectivity index (χ2n) is 3.29. The summed E-state index contributed by atoms with van der Waals surface area (Å²) in [6, 6.07) is 3.67. The molecule has 0 radical (unpaired) electrons. The van der Waals surface area contributed by atoms with Crippen LogP contribution in [0.2, 0.25) is 0 Å². The molecule has 0 amide bonds. The predicted molar refractivity (Wildman–Crippen MR) is 56.3 cm³/mol. The van der Waals surface area contributed by atoms with Crippen LogP contribution in [0.1, 0.15) is 5.56 Å². The van der Waals surface area contributed by atoms with Gasteiger partial charge in [-0.25, -0.2) is 13.8 Å². The predicted octanol–water partition coefficient (Wildman–Crippen LogP) is 1.50. The average molecular weight is 215 g/mol. The molecular formula is C10H15F2N3. The second kappa shape index (κ2) is 5.60. The van der Waals surface area contributed by atoms with Crippen LogP contribution in [0.3, 0.4) is 0 Å². The third-order valence-corrected chi connectivity index (χ3v) is 2.01. The van der Waals surface area contributed by atoms with Gasteiger partial charge in [-0.2, -0.15) is 0 Å². The largest absolute Gasteiger partial charge is 0.354 e. The molecule has 0 saturated heterocycles. The number of nitrogens with one attached hydrogen (secondary N) is 1. The molecule has 0 saturated carbocycles. The molecule has 0 fully saturated rings. The van der Waals surface area contributed by atoms with Gasteiger partial charge in [0.1, 0.15) is 5.82 Å². The molecule has 84 valence electrons. The smallest absolute Gasteiger partial charge is 0.255 e. The Morgan fingerprint density at radius 1 is 1.53 bits per heavy atom. The summed E-state index contributed by atoms with van der Waals surface area (Å²) < 4.78 is 24.4. The van der Waals surface area contributed by atoms with Crippen molar-refractivity contribution in [3.05, 3.63) is 23.9 Å². The zero-order valence-corrected chi connectivity index (χ0v) is 8.87. The van der Waals surface area contributed by atoms with Crippen LogP contribution in [-0.4, -0.2) is 32.0 Å². The number of hydrogen-bond donors (Lipinski definition) is 1. The highest BCUT2D eigenvalue weighted by atomic mass is 19.3. The van der Waals surface area contributed by atoms with Gasteiger partial charge in [0.2, 0.25) is 0 Å². The number of anilines is 1. The molecule has 0 atom stereocenters. The Bertz CT molecular complexity index is 304. The van der Waals surface area contributed by atoms with Crippen molar-refractivity contribution in [2.24, 2.45) is 0 Å². The molecule has 0 aromatic carbocycles. The minimum absolute atomic E-state index is 0.298. The average Bonchev–Trinajstić information content (AvgIpc) is 2.18. The van der Waals surface area contributed by atoms with E-state index in [1.54, 1.807) is 19.3 Å². The Morgan fingerprint density at radius 3 is 2.87 bits per heavy atom. The van der Waals surface area contributed by atoms with Gasteiger partial charge in [-0.15, -0.1) is 0 Å². The molecule has 0 aliphatic heterocycles. The summed E-state index contributed by atoms with van der Waals surface area (Å²) in [6.45, 7) is 0.324. The summed E-state index contributed by atoms with van der Waals surface area (Å²) in [5.41, 5.74) is 0.920. The first-order valence-corrected chi connectivity index (χ1v) is 4.73. The molecule has 0 unspecified atom stereocenters. The molecule has 1 N–H and O–H groups in total. The fourth-order valence-corrected chi connectivity index (χ4v) is 1.40. The number of rotatable bonds is 5. The number of hydrogen-bond acceptors (Lipinski definition) is 3. The second-order valence-corrected chi connectivity index (χ2v) is 3.29. The van der Waals surface area contributed by atoms with Crippen molar-refractivity contribution in [1.29, 1.82) is 0 Å². The van der Waals surface area contributed by atoms with E-state index in [2.05, 4.69) is 10.3 Å². The van der Waals surface area contributed by atoms with Crippen LogP contribution in [0.15, 0.2) is 18.3 Å². The molecule has 5 heteroatoms. The lowest BCUT2D eigenvalue weighted by Crippen LogP contribution is -2.26. The van der Waals surface area contributed by atoms with Gasteiger partial charge in [0.25, 0.3) is 6.43 Å². The Hall–Kier alpha value is -1.23. The van der Waals surface area contributed by atoms with Crippen molar-refractivity contribution in [3.63, 3.8) is 0 Å². The summed E-state index contributed by atoms with van der Waals surface area (Å²) in [4.78, 5) is 5.57.